The largest absolute Gasteiger partial charge is 0.341 e. The molecule has 2 aliphatic heterocycles. The van der Waals surface area contributed by atoms with Crippen LogP contribution in [0.2, 0.25) is 0 Å². The Kier molecular flexibility index (Phi) is 7.24. The molecule has 0 spiro atoms. The van der Waals surface area contributed by atoms with Gasteiger partial charge >= 0.3 is 0 Å². The molecule has 1 aromatic rings. The van der Waals surface area contributed by atoms with E-state index in [1.807, 2.05) is 11.8 Å². The van der Waals surface area contributed by atoms with Crippen LogP contribution in [0.3, 0.4) is 0 Å². The first-order chi connectivity index (χ1) is 13.8. The summed E-state index contributed by atoms with van der Waals surface area (Å²) in [5.74, 6) is 0.922. The molecule has 2 heterocycles. The minimum Gasteiger partial charge on any atom is -0.341 e. The van der Waals surface area contributed by atoms with Gasteiger partial charge in [-0.3, -0.25) is 19.4 Å². The van der Waals surface area contributed by atoms with Gasteiger partial charge in [0.05, 0.1) is 12.6 Å². The smallest absolute Gasteiger partial charge is 0.239 e. The van der Waals surface area contributed by atoms with Crippen molar-refractivity contribution in [2.45, 2.75) is 33.2 Å². The van der Waals surface area contributed by atoms with Crippen molar-refractivity contribution < 1.29 is 14.0 Å². The highest BCUT2D eigenvalue weighted by Crippen LogP contribution is 2.22. The molecule has 1 N–H and O–H groups in total. The number of nitrogens with zero attached hydrogens (tertiary/aromatic N) is 3. The van der Waals surface area contributed by atoms with Crippen LogP contribution in [0.5, 0.6) is 0 Å². The van der Waals surface area contributed by atoms with E-state index in [4.69, 9.17) is 0 Å². The minimum absolute atomic E-state index is 0.106. The number of carbonyl (C=O) groups is 2. The Labute approximate surface area is 173 Å². The van der Waals surface area contributed by atoms with Gasteiger partial charge in [0.1, 0.15) is 5.82 Å². The molecule has 0 saturated carbocycles. The van der Waals surface area contributed by atoms with E-state index >= 15 is 0 Å². The summed E-state index contributed by atoms with van der Waals surface area (Å²) in [5, 5.41) is 2.80. The molecule has 0 bridgehead atoms. The highest BCUT2D eigenvalue weighted by molar-refractivity contribution is 5.92. The number of piperazine rings is 1. The Hall–Kier alpha value is -1.99. The van der Waals surface area contributed by atoms with Gasteiger partial charge in [-0.25, -0.2) is 4.39 Å². The summed E-state index contributed by atoms with van der Waals surface area (Å²) in [4.78, 5) is 31.5. The van der Waals surface area contributed by atoms with Crippen LogP contribution in [-0.4, -0.2) is 78.4 Å². The zero-order chi connectivity index (χ0) is 21.0. The highest BCUT2D eigenvalue weighted by atomic mass is 19.1. The molecule has 0 radical (unpaired) electrons. The fourth-order valence-electron chi connectivity index (χ4n) is 4.51. The summed E-state index contributed by atoms with van der Waals surface area (Å²) in [6, 6.07) is 5.65. The fraction of sp³-hybridized carbons (Fsp3) is 0.636. The van der Waals surface area contributed by atoms with Crippen molar-refractivity contribution >= 4 is 17.5 Å². The Morgan fingerprint density at radius 2 is 1.66 bits per heavy atom. The molecule has 0 unspecified atom stereocenters. The fourth-order valence-corrected chi connectivity index (χ4v) is 4.51. The first-order valence-electron chi connectivity index (χ1n) is 10.6. The molecule has 3 rings (SSSR count). The predicted octanol–water partition coefficient (Wildman–Crippen LogP) is 2.27. The summed E-state index contributed by atoms with van der Waals surface area (Å²) >= 11 is 0. The zero-order valence-electron chi connectivity index (χ0n) is 17.7. The molecule has 7 heteroatoms. The van der Waals surface area contributed by atoms with Crippen LogP contribution in [0.15, 0.2) is 24.3 Å². The molecule has 3 atom stereocenters. The highest BCUT2D eigenvalue weighted by Gasteiger charge is 2.32. The van der Waals surface area contributed by atoms with Gasteiger partial charge in [-0.15, -0.1) is 0 Å². The van der Waals surface area contributed by atoms with Crippen LogP contribution in [0.4, 0.5) is 10.1 Å². The van der Waals surface area contributed by atoms with Crippen molar-refractivity contribution in [2.24, 2.45) is 11.8 Å². The first-order valence-corrected chi connectivity index (χ1v) is 10.6. The predicted molar refractivity (Wildman–Crippen MR) is 112 cm³/mol. The van der Waals surface area contributed by atoms with Crippen LogP contribution < -0.4 is 5.32 Å². The number of likely N-dealkylation sites (tertiary alicyclic amines) is 1. The number of piperidine rings is 1. The Balaban J connectivity index is 1.44. The van der Waals surface area contributed by atoms with E-state index in [1.54, 1.807) is 12.1 Å². The van der Waals surface area contributed by atoms with E-state index in [1.165, 1.54) is 18.6 Å². The van der Waals surface area contributed by atoms with Gasteiger partial charge in [0.15, 0.2) is 0 Å². The molecule has 2 fully saturated rings. The van der Waals surface area contributed by atoms with Crippen molar-refractivity contribution in [1.29, 1.82) is 0 Å². The number of rotatable bonds is 5. The van der Waals surface area contributed by atoms with Crippen LogP contribution >= 0.6 is 0 Å². The van der Waals surface area contributed by atoms with E-state index in [0.29, 0.717) is 24.1 Å². The van der Waals surface area contributed by atoms with Crippen LogP contribution in [0.25, 0.3) is 0 Å². The SMILES string of the molecule is C[C@@H]1C[C@@H](C)CN(C(=O)[C@H](C)N2CCN(CC(=O)Nc3ccc(F)cc3)CC2)C1. The molecule has 0 aliphatic carbocycles. The number of benzene rings is 1. The summed E-state index contributed by atoms with van der Waals surface area (Å²) < 4.78 is 13.0. The maximum absolute atomic E-state index is 13.0. The molecule has 29 heavy (non-hydrogen) atoms. The lowest BCUT2D eigenvalue weighted by molar-refractivity contribution is -0.140. The molecule has 160 valence electrons. The second-order valence-electron chi connectivity index (χ2n) is 8.73. The van der Waals surface area contributed by atoms with E-state index in [2.05, 4.69) is 29.0 Å². The maximum Gasteiger partial charge on any atom is 0.239 e. The normalized spacial score (nSPS) is 24.9. The molecular formula is C22H33FN4O2. The average Bonchev–Trinajstić information content (AvgIpc) is 2.68. The van der Waals surface area contributed by atoms with Gasteiger partial charge in [0.25, 0.3) is 0 Å². The number of carbonyl (C=O) groups excluding carboxylic acids is 2. The Bertz CT molecular complexity index is 693. The number of hydrogen-bond acceptors (Lipinski definition) is 4. The lowest BCUT2D eigenvalue weighted by Crippen LogP contribution is -2.56. The summed E-state index contributed by atoms with van der Waals surface area (Å²) in [6.45, 7) is 11.5. The first kappa shape index (κ1) is 21.7. The summed E-state index contributed by atoms with van der Waals surface area (Å²) in [5.41, 5.74) is 0.597. The molecular weight excluding hydrogens is 371 g/mol. The quantitative estimate of drug-likeness (QED) is 0.818. The van der Waals surface area contributed by atoms with Gasteiger partial charge in [-0.05, 0) is 49.4 Å². The van der Waals surface area contributed by atoms with Crippen molar-refractivity contribution in [1.82, 2.24) is 14.7 Å². The third-order valence-electron chi connectivity index (χ3n) is 5.99. The van der Waals surface area contributed by atoms with Crippen molar-refractivity contribution in [3.63, 3.8) is 0 Å². The topological polar surface area (TPSA) is 55.9 Å². The van der Waals surface area contributed by atoms with Gasteiger partial charge in [0.2, 0.25) is 11.8 Å². The molecule has 1 aromatic carbocycles. The van der Waals surface area contributed by atoms with Crippen molar-refractivity contribution in [3.05, 3.63) is 30.1 Å². The van der Waals surface area contributed by atoms with E-state index in [0.717, 1.165) is 39.3 Å². The standard InChI is InChI=1S/C22H33FN4O2/c1-16-12-17(2)14-27(13-16)22(29)18(3)26-10-8-25(9-11-26)15-21(28)24-20-6-4-19(23)5-7-20/h4-7,16-18H,8-15H2,1-3H3,(H,24,28)/t16-,17-,18+/m1/s1. The monoisotopic (exact) mass is 404 g/mol. The Morgan fingerprint density at radius 1 is 1.07 bits per heavy atom. The van der Waals surface area contributed by atoms with Crippen LogP contribution in [0, 0.1) is 17.7 Å². The van der Waals surface area contributed by atoms with E-state index < -0.39 is 0 Å². The molecule has 2 amide bonds. The molecule has 0 aromatic heterocycles. The molecule has 6 nitrogen and oxygen atoms in total. The third-order valence-corrected chi connectivity index (χ3v) is 5.99. The Morgan fingerprint density at radius 3 is 2.24 bits per heavy atom. The number of amides is 2. The maximum atomic E-state index is 13.0. The van der Waals surface area contributed by atoms with Crippen molar-refractivity contribution in [2.75, 3.05) is 51.1 Å². The second kappa shape index (κ2) is 9.67. The van der Waals surface area contributed by atoms with Gasteiger partial charge in [-0.1, -0.05) is 13.8 Å². The van der Waals surface area contributed by atoms with E-state index in [-0.39, 0.29) is 23.7 Å². The number of hydrogen-bond donors (Lipinski definition) is 1. The lowest BCUT2D eigenvalue weighted by Gasteiger charge is -2.41. The van der Waals surface area contributed by atoms with Gasteiger partial charge < -0.3 is 10.2 Å². The van der Waals surface area contributed by atoms with Crippen LogP contribution in [-0.2, 0) is 9.59 Å². The average molecular weight is 405 g/mol. The van der Waals surface area contributed by atoms with E-state index in [9.17, 15) is 14.0 Å². The van der Waals surface area contributed by atoms with Crippen LogP contribution in [0.1, 0.15) is 27.2 Å². The third kappa shape index (κ3) is 6.00. The van der Waals surface area contributed by atoms with Gasteiger partial charge in [0, 0.05) is 45.0 Å². The zero-order valence-corrected chi connectivity index (χ0v) is 17.7. The van der Waals surface area contributed by atoms with Crippen molar-refractivity contribution in [3.8, 4) is 0 Å². The molecule has 2 aliphatic rings. The van der Waals surface area contributed by atoms with Gasteiger partial charge in [-0.2, -0.15) is 0 Å². The summed E-state index contributed by atoms with van der Waals surface area (Å²) in [6.07, 6.45) is 1.19. The number of halogens is 1. The molecule has 2 saturated heterocycles. The number of nitrogens with one attached hydrogen (secondary N) is 1. The minimum atomic E-state index is -0.323. The summed E-state index contributed by atoms with van der Waals surface area (Å²) in [7, 11) is 0. The number of anilines is 1. The second-order valence-corrected chi connectivity index (χ2v) is 8.73. The lowest BCUT2D eigenvalue weighted by atomic mass is 9.91.